The number of aromatic amines is 1. The van der Waals surface area contributed by atoms with Crippen molar-refractivity contribution in [1.29, 1.82) is 0 Å². The van der Waals surface area contributed by atoms with Crippen LogP contribution < -0.4 is 4.68 Å². The van der Waals surface area contributed by atoms with Gasteiger partial charge < -0.3 is 4.74 Å². The van der Waals surface area contributed by atoms with Crippen molar-refractivity contribution >= 4 is 16.7 Å². The third-order valence-corrected chi connectivity index (χ3v) is 4.17. The molecule has 0 unspecified atom stereocenters. The van der Waals surface area contributed by atoms with Crippen LogP contribution >= 0.6 is 0 Å². The zero-order valence-corrected chi connectivity index (χ0v) is 14.3. The lowest BCUT2D eigenvalue weighted by Gasteiger charge is -2.02. The zero-order chi connectivity index (χ0) is 17.9. The summed E-state index contributed by atoms with van der Waals surface area (Å²) in [4.78, 5) is 16.6. The molecule has 26 heavy (non-hydrogen) atoms. The van der Waals surface area contributed by atoms with Gasteiger partial charge in [-0.2, -0.15) is 0 Å². The molecule has 2 aromatic heterocycles. The highest BCUT2D eigenvalue weighted by molar-refractivity contribution is 5.90. The molecule has 0 atom stereocenters. The molecular weight excluding hydrogens is 326 g/mol. The predicted molar refractivity (Wildman–Crippen MR) is 99.0 cm³/mol. The Kier molecular flexibility index (Phi) is 4.19. The van der Waals surface area contributed by atoms with Crippen molar-refractivity contribution in [2.75, 3.05) is 6.61 Å². The number of hydrogen-bond donors (Lipinski definition) is 1. The minimum Gasteiger partial charge on any atom is -0.461 e. The molecule has 0 fully saturated rings. The lowest BCUT2D eigenvalue weighted by Crippen LogP contribution is -2.36. The number of nitrogens with one attached hydrogen (secondary N) is 1. The molecule has 5 nitrogen and oxygen atoms in total. The summed E-state index contributed by atoms with van der Waals surface area (Å²) in [7, 11) is 0. The highest BCUT2D eigenvalue weighted by Gasteiger charge is 2.22. The molecule has 4 aromatic rings. The fourth-order valence-corrected chi connectivity index (χ4v) is 2.96. The molecule has 2 heterocycles. The number of pyridine rings is 1. The van der Waals surface area contributed by atoms with Gasteiger partial charge in [0.1, 0.15) is 6.20 Å². The molecule has 4 rings (SSSR count). The van der Waals surface area contributed by atoms with E-state index < -0.39 is 0 Å². The molecule has 2 aromatic carbocycles. The molecule has 0 aliphatic rings. The van der Waals surface area contributed by atoms with Crippen molar-refractivity contribution in [2.24, 2.45) is 0 Å². The number of nitrogens with zero attached hydrogens (tertiary/aromatic N) is 2. The van der Waals surface area contributed by atoms with Crippen molar-refractivity contribution in [2.45, 2.75) is 6.92 Å². The van der Waals surface area contributed by atoms with E-state index in [-0.39, 0.29) is 5.97 Å². The predicted octanol–water partition coefficient (Wildman–Crippen LogP) is 3.68. The van der Waals surface area contributed by atoms with Gasteiger partial charge in [-0.1, -0.05) is 36.4 Å². The van der Waals surface area contributed by atoms with Crippen LogP contribution in [0.3, 0.4) is 0 Å². The molecule has 0 saturated carbocycles. The molecule has 5 heteroatoms. The standard InChI is InChI=1S/C21H17N3O2/c1-2-26-21(25)18-14-19(24(23-18)20-9-5-6-12-22-20)17-11-10-15-7-3-4-8-16(15)13-17/h3-14H,2H2,1H3/p+1. The molecule has 128 valence electrons. The number of fused-ring (bicyclic) bond motifs is 1. The van der Waals surface area contributed by atoms with Gasteiger partial charge in [-0.25, -0.2) is 9.89 Å². The van der Waals surface area contributed by atoms with Crippen LogP contribution in [0.5, 0.6) is 0 Å². The summed E-state index contributed by atoms with van der Waals surface area (Å²) < 4.78 is 6.94. The highest BCUT2D eigenvalue weighted by atomic mass is 16.5. The normalized spacial score (nSPS) is 10.8. The van der Waals surface area contributed by atoms with E-state index >= 15 is 0 Å². The number of hydrogen-bond acceptors (Lipinski definition) is 3. The van der Waals surface area contributed by atoms with Crippen LogP contribution in [0.1, 0.15) is 17.4 Å². The van der Waals surface area contributed by atoms with E-state index in [0.717, 1.165) is 16.6 Å². The highest BCUT2D eigenvalue weighted by Crippen LogP contribution is 2.23. The molecule has 0 bridgehead atoms. The topological polar surface area (TPSA) is 58.9 Å². The van der Waals surface area contributed by atoms with Crippen molar-refractivity contribution in [3.8, 4) is 17.1 Å². The van der Waals surface area contributed by atoms with Crippen LogP contribution in [0.2, 0.25) is 0 Å². The molecule has 0 aliphatic heterocycles. The van der Waals surface area contributed by atoms with Crippen molar-refractivity contribution < 1.29 is 14.2 Å². The Morgan fingerprint density at radius 1 is 1.04 bits per heavy atom. The number of carbonyl (C=O) groups is 1. The summed E-state index contributed by atoms with van der Waals surface area (Å²) in [6.07, 6.45) is 1.72. The van der Waals surface area contributed by atoms with Crippen LogP contribution in [0.15, 0.2) is 72.9 Å². The zero-order valence-electron chi connectivity index (χ0n) is 14.3. The molecular formula is C21H18N3O2+. The summed E-state index contributed by atoms with van der Waals surface area (Å²) in [5.74, 6) is 0.315. The monoisotopic (exact) mass is 344 g/mol. The summed E-state index contributed by atoms with van der Waals surface area (Å²) in [6.45, 7) is 2.12. The maximum atomic E-state index is 12.2. The summed E-state index contributed by atoms with van der Waals surface area (Å²) in [6, 6.07) is 21.9. The Bertz CT molecular complexity index is 1070. The van der Waals surface area contributed by atoms with Crippen LogP contribution in [-0.2, 0) is 4.74 Å². The first-order valence-corrected chi connectivity index (χ1v) is 8.49. The molecule has 0 saturated heterocycles. The van der Waals surface area contributed by atoms with Crippen LogP contribution in [0.25, 0.3) is 27.8 Å². The van der Waals surface area contributed by atoms with E-state index in [1.165, 1.54) is 5.39 Å². The van der Waals surface area contributed by atoms with Gasteiger partial charge in [-0.3, -0.25) is 0 Å². The number of benzene rings is 2. The quantitative estimate of drug-likeness (QED) is 0.454. The lowest BCUT2D eigenvalue weighted by molar-refractivity contribution is -0.648. The number of H-pyrrole nitrogens is 1. The summed E-state index contributed by atoms with van der Waals surface area (Å²) >= 11 is 0. The van der Waals surface area contributed by atoms with Gasteiger partial charge in [0.15, 0.2) is 11.4 Å². The number of aromatic nitrogens is 3. The van der Waals surface area contributed by atoms with E-state index in [0.29, 0.717) is 18.1 Å². The van der Waals surface area contributed by atoms with Gasteiger partial charge in [0.25, 0.3) is 0 Å². The Labute approximate surface area is 150 Å². The third kappa shape index (κ3) is 2.95. The van der Waals surface area contributed by atoms with Gasteiger partial charge in [0, 0.05) is 17.7 Å². The first-order chi connectivity index (χ1) is 12.8. The van der Waals surface area contributed by atoms with Crippen molar-refractivity contribution in [3.05, 3.63) is 78.6 Å². The molecule has 0 spiro atoms. The average Bonchev–Trinajstić information content (AvgIpc) is 3.14. The number of carbonyl (C=O) groups excluding carboxylic acids is 1. The molecule has 1 N–H and O–H groups in total. The average molecular weight is 344 g/mol. The van der Waals surface area contributed by atoms with Crippen LogP contribution in [0, 0.1) is 0 Å². The van der Waals surface area contributed by atoms with Gasteiger partial charge >= 0.3 is 11.8 Å². The van der Waals surface area contributed by atoms with E-state index in [1.807, 2.05) is 36.4 Å². The fourth-order valence-electron chi connectivity index (χ4n) is 2.96. The second-order valence-corrected chi connectivity index (χ2v) is 5.86. The van der Waals surface area contributed by atoms with E-state index in [9.17, 15) is 4.79 Å². The van der Waals surface area contributed by atoms with Crippen LogP contribution in [0.4, 0.5) is 0 Å². The number of ether oxygens (including phenoxy) is 1. The van der Waals surface area contributed by atoms with E-state index in [4.69, 9.17) is 4.74 Å². The van der Waals surface area contributed by atoms with Crippen molar-refractivity contribution in [3.63, 3.8) is 0 Å². The first kappa shape index (κ1) is 16.0. The fraction of sp³-hybridized carbons (Fsp3) is 0.0952. The summed E-state index contributed by atoms with van der Waals surface area (Å²) in [5, 5.41) is 5.41. The van der Waals surface area contributed by atoms with Gasteiger partial charge in [-0.15, -0.1) is 4.68 Å². The molecule has 0 radical (unpaired) electrons. The minimum atomic E-state index is -0.385. The van der Waals surface area contributed by atoms with Crippen molar-refractivity contribution in [1.82, 2.24) is 10.1 Å². The number of esters is 1. The minimum absolute atomic E-state index is 0.326. The van der Waals surface area contributed by atoms with E-state index in [1.54, 1.807) is 23.9 Å². The first-order valence-electron chi connectivity index (χ1n) is 8.49. The Balaban J connectivity index is 1.88. The van der Waals surface area contributed by atoms with Gasteiger partial charge in [0.05, 0.1) is 6.61 Å². The SMILES string of the molecule is CCOC(=O)c1cc(-c2ccc3ccccc3c2)[n+](-c2ccccn2)[nH]1. The Hall–Kier alpha value is -3.47. The maximum Gasteiger partial charge on any atom is 0.358 e. The maximum absolute atomic E-state index is 12.2. The van der Waals surface area contributed by atoms with Gasteiger partial charge in [-0.05, 0) is 40.9 Å². The van der Waals surface area contributed by atoms with Crippen LogP contribution in [-0.4, -0.2) is 22.7 Å². The second kappa shape index (κ2) is 6.80. The van der Waals surface area contributed by atoms with Gasteiger partial charge in [0.2, 0.25) is 0 Å². The molecule has 0 amide bonds. The summed E-state index contributed by atoms with van der Waals surface area (Å²) in [5.41, 5.74) is 2.22. The lowest BCUT2D eigenvalue weighted by atomic mass is 10.0. The Morgan fingerprint density at radius 3 is 2.62 bits per heavy atom. The van der Waals surface area contributed by atoms with E-state index in [2.05, 4.69) is 34.3 Å². The second-order valence-electron chi connectivity index (χ2n) is 5.86. The third-order valence-electron chi connectivity index (χ3n) is 4.17. The molecule has 0 aliphatic carbocycles. The Morgan fingerprint density at radius 2 is 1.85 bits per heavy atom. The largest absolute Gasteiger partial charge is 0.461 e. The number of rotatable bonds is 4. The smallest absolute Gasteiger partial charge is 0.358 e.